The van der Waals surface area contributed by atoms with Crippen LogP contribution in [-0.2, 0) is 14.8 Å². The van der Waals surface area contributed by atoms with Gasteiger partial charge in [-0.2, -0.15) is 4.31 Å². The summed E-state index contributed by atoms with van der Waals surface area (Å²) in [6.07, 6.45) is 1.74. The maximum absolute atomic E-state index is 12.8. The third kappa shape index (κ3) is 5.68. The number of nitrogens with one attached hydrogen (secondary N) is 1. The molecule has 1 heterocycles. The van der Waals surface area contributed by atoms with Crippen LogP contribution >= 0.6 is 0 Å². The molecule has 0 unspecified atom stereocenters. The van der Waals surface area contributed by atoms with Gasteiger partial charge in [0, 0.05) is 19.2 Å². The van der Waals surface area contributed by atoms with Crippen LogP contribution in [0.15, 0.2) is 47.4 Å². The Kier molecular flexibility index (Phi) is 7.40. The van der Waals surface area contributed by atoms with E-state index in [-0.39, 0.29) is 17.4 Å². The summed E-state index contributed by atoms with van der Waals surface area (Å²) in [5.74, 6) is 1.64. The first-order valence-electron chi connectivity index (χ1n) is 10.1. The van der Waals surface area contributed by atoms with Gasteiger partial charge in [0.05, 0.1) is 24.8 Å². The van der Waals surface area contributed by atoms with E-state index in [2.05, 4.69) is 12.2 Å². The quantitative estimate of drug-likeness (QED) is 0.667. The molecule has 0 radical (unpaired) electrons. The summed E-state index contributed by atoms with van der Waals surface area (Å²) in [4.78, 5) is 12.5. The first kappa shape index (κ1) is 22.9. The highest BCUT2D eigenvalue weighted by molar-refractivity contribution is 7.89. The number of hydrogen-bond acceptors (Lipinski definition) is 6. The topological polar surface area (TPSA) is 94.2 Å². The van der Waals surface area contributed by atoms with Crippen molar-refractivity contribution in [2.24, 2.45) is 5.92 Å². The molecule has 8 nitrogen and oxygen atoms in total. The number of hydrogen-bond donors (Lipinski definition) is 1. The normalized spacial score (nSPS) is 15.3. The number of amides is 1. The Hall–Kier alpha value is -2.78. The van der Waals surface area contributed by atoms with E-state index in [0.29, 0.717) is 41.9 Å². The molecule has 168 valence electrons. The van der Waals surface area contributed by atoms with Crippen LogP contribution in [0.2, 0.25) is 0 Å². The van der Waals surface area contributed by atoms with Gasteiger partial charge in [-0.05, 0) is 55.2 Å². The minimum atomic E-state index is -3.52. The molecule has 0 aliphatic carbocycles. The number of piperidine rings is 1. The molecule has 0 bridgehead atoms. The van der Waals surface area contributed by atoms with Gasteiger partial charge in [0.25, 0.3) is 5.91 Å². The Morgan fingerprint density at radius 2 is 1.68 bits per heavy atom. The van der Waals surface area contributed by atoms with Crippen molar-refractivity contribution in [2.45, 2.75) is 24.7 Å². The van der Waals surface area contributed by atoms with E-state index in [4.69, 9.17) is 14.2 Å². The van der Waals surface area contributed by atoms with Gasteiger partial charge >= 0.3 is 0 Å². The number of nitrogens with zero attached hydrogens (tertiary/aromatic N) is 1. The minimum Gasteiger partial charge on any atom is -0.497 e. The average molecular weight is 449 g/mol. The van der Waals surface area contributed by atoms with Crippen LogP contribution < -0.4 is 19.5 Å². The fraction of sp³-hybridized carbons (Fsp3) is 0.409. The summed E-state index contributed by atoms with van der Waals surface area (Å²) in [7, 11) is -0.474. The molecule has 31 heavy (non-hydrogen) atoms. The summed E-state index contributed by atoms with van der Waals surface area (Å²) in [6, 6.07) is 11.2. The number of rotatable bonds is 8. The van der Waals surface area contributed by atoms with E-state index in [0.717, 1.165) is 12.8 Å². The first-order chi connectivity index (χ1) is 14.8. The molecule has 0 saturated carbocycles. The smallest absolute Gasteiger partial charge is 0.262 e. The van der Waals surface area contributed by atoms with E-state index in [1.165, 1.54) is 30.7 Å². The molecule has 2 aromatic rings. The van der Waals surface area contributed by atoms with E-state index in [9.17, 15) is 13.2 Å². The largest absolute Gasteiger partial charge is 0.497 e. The molecule has 2 aromatic carbocycles. The summed E-state index contributed by atoms with van der Waals surface area (Å²) in [5.41, 5.74) is 0.466. The Bertz CT molecular complexity index is 999. The molecule has 0 atom stereocenters. The van der Waals surface area contributed by atoms with Crippen LogP contribution in [0.3, 0.4) is 0 Å². The van der Waals surface area contributed by atoms with Crippen LogP contribution in [0, 0.1) is 5.92 Å². The Labute approximate surface area is 183 Å². The van der Waals surface area contributed by atoms with Crippen LogP contribution in [0.25, 0.3) is 0 Å². The second kappa shape index (κ2) is 10.0. The van der Waals surface area contributed by atoms with Crippen LogP contribution in [0.4, 0.5) is 5.69 Å². The van der Waals surface area contributed by atoms with E-state index < -0.39 is 10.0 Å². The first-order valence-corrected chi connectivity index (χ1v) is 11.5. The summed E-state index contributed by atoms with van der Waals surface area (Å²) in [5, 5.41) is 2.72. The van der Waals surface area contributed by atoms with Crippen molar-refractivity contribution in [2.75, 3.05) is 39.2 Å². The van der Waals surface area contributed by atoms with Gasteiger partial charge < -0.3 is 19.5 Å². The van der Waals surface area contributed by atoms with Gasteiger partial charge in [0.15, 0.2) is 6.61 Å². The van der Waals surface area contributed by atoms with Crippen molar-refractivity contribution in [3.63, 3.8) is 0 Å². The lowest BCUT2D eigenvalue weighted by molar-refractivity contribution is -0.118. The monoisotopic (exact) mass is 448 g/mol. The van der Waals surface area contributed by atoms with E-state index >= 15 is 0 Å². The number of sulfonamides is 1. The maximum Gasteiger partial charge on any atom is 0.262 e. The van der Waals surface area contributed by atoms with Crippen molar-refractivity contribution in [1.29, 1.82) is 0 Å². The number of ether oxygens (including phenoxy) is 3. The molecular weight excluding hydrogens is 420 g/mol. The zero-order valence-electron chi connectivity index (χ0n) is 18.0. The van der Waals surface area contributed by atoms with Crippen molar-refractivity contribution in [3.8, 4) is 17.2 Å². The van der Waals surface area contributed by atoms with Gasteiger partial charge in [0.2, 0.25) is 10.0 Å². The highest BCUT2D eigenvalue weighted by Crippen LogP contribution is 2.29. The van der Waals surface area contributed by atoms with Crippen LogP contribution in [-0.4, -0.2) is 52.5 Å². The van der Waals surface area contributed by atoms with Crippen LogP contribution in [0.5, 0.6) is 17.2 Å². The zero-order chi connectivity index (χ0) is 22.4. The number of carbonyl (C=O) groups excluding carboxylic acids is 1. The Morgan fingerprint density at radius 3 is 2.29 bits per heavy atom. The lowest BCUT2D eigenvalue weighted by Gasteiger charge is -2.29. The summed E-state index contributed by atoms with van der Waals surface area (Å²) < 4.78 is 43.0. The average Bonchev–Trinajstić information content (AvgIpc) is 2.78. The van der Waals surface area contributed by atoms with Gasteiger partial charge in [0.1, 0.15) is 17.2 Å². The molecule has 1 aliphatic heterocycles. The van der Waals surface area contributed by atoms with Gasteiger partial charge in [-0.1, -0.05) is 6.92 Å². The lowest BCUT2D eigenvalue weighted by atomic mass is 10.0. The van der Waals surface area contributed by atoms with Crippen LogP contribution in [0.1, 0.15) is 19.8 Å². The number of carbonyl (C=O) groups is 1. The van der Waals surface area contributed by atoms with Crippen molar-refractivity contribution < 1.29 is 27.4 Å². The van der Waals surface area contributed by atoms with E-state index in [1.807, 2.05) is 0 Å². The molecule has 0 spiro atoms. The third-order valence-electron chi connectivity index (χ3n) is 5.25. The lowest BCUT2D eigenvalue weighted by Crippen LogP contribution is -2.37. The summed E-state index contributed by atoms with van der Waals surface area (Å²) >= 11 is 0. The molecule has 0 aromatic heterocycles. The fourth-order valence-corrected chi connectivity index (χ4v) is 4.80. The molecule has 1 fully saturated rings. The zero-order valence-corrected chi connectivity index (χ0v) is 18.8. The number of methoxy groups -OCH3 is 2. The van der Waals surface area contributed by atoms with Crippen molar-refractivity contribution in [3.05, 3.63) is 42.5 Å². The SMILES string of the molecule is COc1ccc(OC)c(NC(=O)COc2ccc(S(=O)(=O)N3CCC(C)CC3)cc2)c1. The van der Waals surface area contributed by atoms with Gasteiger partial charge in [-0.3, -0.25) is 4.79 Å². The standard InChI is InChI=1S/C22H28N2O6S/c1-16-10-12-24(13-11-16)31(26,27)19-7-4-17(5-8-19)30-15-22(25)23-20-14-18(28-2)6-9-21(20)29-3/h4-9,14,16H,10-13,15H2,1-3H3,(H,23,25). The Morgan fingerprint density at radius 1 is 1.03 bits per heavy atom. The highest BCUT2D eigenvalue weighted by Gasteiger charge is 2.27. The van der Waals surface area contributed by atoms with E-state index in [1.54, 1.807) is 30.3 Å². The minimum absolute atomic E-state index is 0.222. The molecule has 1 amide bonds. The number of benzene rings is 2. The van der Waals surface area contributed by atoms with Crippen molar-refractivity contribution >= 4 is 21.6 Å². The second-order valence-electron chi connectivity index (χ2n) is 7.46. The highest BCUT2D eigenvalue weighted by atomic mass is 32.2. The molecule has 1 N–H and O–H groups in total. The summed E-state index contributed by atoms with van der Waals surface area (Å²) in [6.45, 7) is 2.97. The third-order valence-corrected chi connectivity index (χ3v) is 7.17. The number of anilines is 1. The predicted octanol–water partition coefficient (Wildman–Crippen LogP) is 3.14. The van der Waals surface area contributed by atoms with Gasteiger partial charge in [-0.15, -0.1) is 0 Å². The molecule has 1 aliphatic rings. The molecule has 3 rings (SSSR count). The van der Waals surface area contributed by atoms with Crippen molar-refractivity contribution in [1.82, 2.24) is 4.31 Å². The maximum atomic E-state index is 12.8. The Balaban J connectivity index is 1.59. The second-order valence-corrected chi connectivity index (χ2v) is 9.40. The van der Waals surface area contributed by atoms with Gasteiger partial charge in [-0.25, -0.2) is 8.42 Å². The molecule has 9 heteroatoms. The molecular formula is C22H28N2O6S. The predicted molar refractivity (Wildman–Crippen MR) is 117 cm³/mol. The molecule has 1 saturated heterocycles. The fourth-order valence-electron chi connectivity index (χ4n) is 3.33.